The van der Waals surface area contributed by atoms with E-state index in [4.69, 9.17) is 28.2 Å². The molecule has 0 saturated carbocycles. The smallest absolute Gasteiger partial charge is 0.261 e. The first-order chi connectivity index (χ1) is 16.5. The van der Waals surface area contributed by atoms with Crippen LogP contribution in [-0.4, -0.2) is 25.7 Å². The molecule has 2 aromatic carbocycles. The van der Waals surface area contributed by atoms with Gasteiger partial charge in [-0.3, -0.25) is 19.5 Å². The maximum absolute atomic E-state index is 12.9. The summed E-state index contributed by atoms with van der Waals surface area (Å²) < 4.78 is 2.45. The van der Waals surface area contributed by atoms with E-state index < -0.39 is 0 Å². The van der Waals surface area contributed by atoms with Crippen LogP contribution in [-0.2, 0) is 18.7 Å². The first-order valence-corrected chi connectivity index (χ1v) is 13.3. The van der Waals surface area contributed by atoms with Gasteiger partial charge in [0, 0.05) is 34.3 Å². The Bertz CT molecular complexity index is 1430. The number of carbonyl (C=O) groups excluding carboxylic acids is 1. The minimum Gasteiger partial charge on any atom is -0.296 e. The monoisotopic (exact) mass is 531 g/mol. The summed E-state index contributed by atoms with van der Waals surface area (Å²) in [6, 6.07) is 10.4. The quantitative estimate of drug-likeness (QED) is 0.257. The third-order valence-corrected chi connectivity index (χ3v) is 8.31. The van der Waals surface area contributed by atoms with Crippen molar-refractivity contribution in [2.75, 3.05) is 5.32 Å². The highest BCUT2D eigenvalue weighted by Crippen LogP contribution is 2.33. The Morgan fingerprint density at radius 3 is 2.76 bits per heavy atom. The summed E-state index contributed by atoms with van der Waals surface area (Å²) in [5, 5.41) is 13.1. The number of fused-ring (bicyclic) bond motifs is 2. The fourth-order valence-electron chi connectivity index (χ4n) is 3.85. The summed E-state index contributed by atoms with van der Waals surface area (Å²) in [6.45, 7) is 0.694. The third-order valence-electron chi connectivity index (χ3n) is 5.61. The summed E-state index contributed by atoms with van der Waals surface area (Å²) in [4.78, 5) is 30.4. The van der Waals surface area contributed by atoms with Crippen LogP contribution in [0, 0.1) is 0 Å². The molecule has 1 aliphatic heterocycles. The van der Waals surface area contributed by atoms with Crippen molar-refractivity contribution in [2.45, 2.75) is 42.3 Å². The van der Waals surface area contributed by atoms with E-state index in [1.165, 1.54) is 23.1 Å². The van der Waals surface area contributed by atoms with Crippen LogP contribution in [0.1, 0.15) is 41.0 Å². The van der Waals surface area contributed by atoms with Crippen molar-refractivity contribution in [3.05, 3.63) is 73.7 Å². The van der Waals surface area contributed by atoms with E-state index in [2.05, 4.69) is 15.5 Å². The molecular formula is C23H19Cl2N5O2S2. The molecule has 1 N–H and O–H groups in total. The van der Waals surface area contributed by atoms with Gasteiger partial charge in [-0.1, -0.05) is 58.8 Å². The molecule has 1 aliphatic rings. The Morgan fingerprint density at radius 1 is 1.12 bits per heavy atom. The first kappa shape index (κ1) is 23.3. The molecule has 0 saturated heterocycles. The Morgan fingerprint density at radius 2 is 1.94 bits per heavy atom. The number of anilines is 1. The average molecular weight is 532 g/mol. The molecule has 174 valence electrons. The molecule has 0 spiro atoms. The fourth-order valence-corrected chi connectivity index (χ4v) is 6.34. The lowest BCUT2D eigenvalue weighted by molar-refractivity contribution is 0.102. The van der Waals surface area contributed by atoms with Crippen LogP contribution < -0.4 is 10.9 Å². The van der Waals surface area contributed by atoms with Crippen LogP contribution in [0.4, 0.5) is 5.13 Å². The number of benzene rings is 2. The molecule has 4 aromatic rings. The van der Waals surface area contributed by atoms with Gasteiger partial charge in [0.1, 0.15) is 5.82 Å². The number of rotatable bonds is 5. The van der Waals surface area contributed by atoms with Crippen LogP contribution >= 0.6 is 46.3 Å². The van der Waals surface area contributed by atoms with Gasteiger partial charge in [-0.25, -0.2) is 4.98 Å². The maximum atomic E-state index is 12.9. The van der Waals surface area contributed by atoms with E-state index in [1.54, 1.807) is 41.0 Å². The summed E-state index contributed by atoms with van der Waals surface area (Å²) in [6.07, 6.45) is 3.85. The minimum atomic E-state index is -0.333. The number of halogens is 2. The largest absolute Gasteiger partial charge is 0.296 e. The van der Waals surface area contributed by atoms with Gasteiger partial charge in [0.2, 0.25) is 5.13 Å². The molecule has 0 bridgehead atoms. The number of hydrogen-bond donors (Lipinski definition) is 1. The van der Waals surface area contributed by atoms with E-state index in [-0.39, 0.29) is 11.5 Å². The van der Waals surface area contributed by atoms with Gasteiger partial charge in [0.05, 0.1) is 10.9 Å². The number of aromatic nitrogens is 4. The van der Waals surface area contributed by atoms with Crippen LogP contribution in [0.2, 0.25) is 10.0 Å². The Kier molecular flexibility index (Phi) is 6.87. The van der Waals surface area contributed by atoms with Gasteiger partial charge in [-0.2, -0.15) is 0 Å². The lowest BCUT2D eigenvalue weighted by atomic mass is 10.1. The van der Waals surface area contributed by atoms with E-state index in [0.717, 1.165) is 37.1 Å². The van der Waals surface area contributed by atoms with Gasteiger partial charge in [0.15, 0.2) is 4.34 Å². The Labute approximate surface area is 213 Å². The van der Waals surface area contributed by atoms with E-state index in [0.29, 0.717) is 48.3 Å². The Balaban J connectivity index is 1.31. The van der Waals surface area contributed by atoms with E-state index >= 15 is 0 Å². The molecule has 11 heteroatoms. The average Bonchev–Trinajstić information content (AvgIpc) is 3.12. The number of aryl methyl sites for hydroxylation is 1. The number of nitrogens with zero attached hydrogens (tertiary/aromatic N) is 4. The molecule has 3 heterocycles. The zero-order valence-corrected chi connectivity index (χ0v) is 21.0. The lowest BCUT2D eigenvalue weighted by Gasteiger charge is -2.10. The molecule has 0 fully saturated rings. The maximum Gasteiger partial charge on any atom is 0.261 e. The number of carbonyl (C=O) groups is 1. The van der Waals surface area contributed by atoms with Gasteiger partial charge in [-0.05, 0) is 48.7 Å². The predicted molar refractivity (Wildman–Crippen MR) is 137 cm³/mol. The highest BCUT2D eigenvalue weighted by atomic mass is 35.5. The van der Waals surface area contributed by atoms with Crippen molar-refractivity contribution < 1.29 is 4.79 Å². The zero-order valence-electron chi connectivity index (χ0n) is 17.9. The van der Waals surface area contributed by atoms with E-state index in [1.807, 2.05) is 0 Å². The molecule has 7 nitrogen and oxygen atoms in total. The molecule has 1 amide bonds. The SMILES string of the molecule is O=C(Nc1nnc(SCc2c(Cl)cccc2Cl)s1)c1ccc2c(=O)n3c(nc2c1)CCCCC3. The molecule has 0 aliphatic carbocycles. The van der Waals surface area contributed by atoms with Gasteiger partial charge in [0.25, 0.3) is 11.5 Å². The third kappa shape index (κ3) is 4.84. The molecular weight excluding hydrogens is 513 g/mol. The fraction of sp³-hybridized carbons (Fsp3) is 0.261. The summed E-state index contributed by atoms with van der Waals surface area (Å²) in [5.74, 6) is 0.995. The number of hydrogen-bond acceptors (Lipinski definition) is 7. The second-order valence-electron chi connectivity index (χ2n) is 7.84. The molecule has 34 heavy (non-hydrogen) atoms. The summed E-state index contributed by atoms with van der Waals surface area (Å²) in [5.41, 5.74) is 1.73. The zero-order chi connectivity index (χ0) is 23.7. The molecule has 0 unspecified atom stereocenters. The van der Waals surface area contributed by atoms with Crippen molar-refractivity contribution in [3.8, 4) is 0 Å². The van der Waals surface area contributed by atoms with Crippen LogP contribution in [0.25, 0.3) is 10.9 Å². The first-order valence-electron chi connectivity index (χ1n) is 10.7. The van der Waals surface area contributed by atoms with Crippen molar-refractivity contribution in [1.29, 1.82) is 0 Å². The number of amides is 1. The standard InChI is InChI=1S/C23H19Cl2N5O2S2/c24-16-5-4-6-17(25)15(16)12-33-23-29-28-22(34-23)27-20(31)13-8-9-14-18(11-13)26-19-7-2-1-3-10-30(19)21(14)32/h4-6,8-9,11H,1-3,7,10,12H2,(H,27,28,31). The molecule has 2 aromatic heterocycles. The highest BCUT2D eigenvalue weighted by molar-refractivity contribution is 8.00. The van der Waals surface area contributed by atoms with Crippen molar-refractivity contribution in [3.63, 3.8) is 0 Å². The number of nitrogens with one attached hydrogen (secondary N) is 1. The minimum absolute atomic E-state index is 0.0433. The summed E-state index contributed by atoms with van der Waals surface area (Å²) >= 11 is 15.2. The predicted octanol–water partition coefficient (Wildman–Crippen LogP) is 5.83. The normalized spacial score (nSPS) is 13.5. The van der Waals surface area contributed by atoms with Crippen molar-refractivity contribution in [2.24, 2.45) is 0 Å². The topological polar surface area (TPSA) is 89.8 Å². The molecule has 5 rings (SSSR count). The van der Waals surface area contributed by atoms with Crippen molar-refractivity contribution >= 4 is 68.2 Å². The second kappa shape index (κ2) is 10.0. The second-order valence-corrected chi connectivity index (χ2v) is 10.9. The van der Waals surface area contributed by atoms with Crippen LogP contribution in [0.15, 0.2) is 45.5 Å². The number of thioether (sulfide) groups is 1. The highest BCUT2D eigenvalue weighted by Gasteiger charge is 2.17. The van der Waals surface area contributed by atoms with E-state index in [9.17, 15) is 9.59 Å². The van der Waals surface area contributed by atoms with Crippen molar-refractivity contribution in [1.82, 2.24) is 19.7 Å². The van der Waals surface area contributed by atoms with Gasteiger partial charge in [-0.15, -0.1) is 10.2 Å². The molecule has 0 radical (unpaired) electrons. The Hall–Kier alpha value is -2.46. The summed E-state index contributed by atoms with van der Waals surface area (Å²) in [7, 11) is 0. The lowest BCUT2D eigenvalue weighted by Crippen LogP contribution is -2.24. The molecule has 0 atom stereocenters. The van der Waals surface area contributed by atoms with Crippen LogP contribution in [0.3, 0.4) is 0 Å². The van der Waals surface area contributed by atoms with Crippen LogP contribution in [0.5, 0.6) is 0 Å². The van der Waals surface area contributed by atoms with Gasteiger partial charge >= 0.3 is 0 Å². The van der Waals surface area contributed by atoms with Gasteiger partial charge < -0.3 is 0 Å².